The lowest BCUT2D eigenvalue weighted by Gasteiger charge is -2.26. The first-order valence-corrected chi connectivity index (χ1v) is 16.1. The van der Waals surface area contributed by atoms with Crippen LogP contribution in [-0.2, 0) is 10.8 Å². The minimum absolute atomic E-state index is 0.0322. The highest BCUT2D eigenvalue weighted by Gasteiger charge is 2.44. The molecule has 0 radical (unpaired) electrons. The highest BCUT2D eigenvalue weighted by molar-refractivity contribution is 7.26. The van der Waals surface area contributed by atoms with Gasteiger partial charge in [-0.05, 0) is 85.0 Å². The molecule has 0 saturated carbocycles. The number of thiophene rings is 1. The Balaban J connectivity index is 1.19. The molecule has 9 rings (SSSR count). The van der Waals surface area contributed by atoms with E-state index in [1.165, 1.54) is 86.9 Å². The summed E-state index contributed by atoms with van der Waals surface area (Å²) < 4.78 is 2.71. The molecule has 0 nitrogen and oxygen atoms in total. The Morgan fingerprint density at radius 3 is 2.05 bits per heavy atom. The van der Waals surface area contributed by atoms with Gasteiger partial charge in [-0.3, -0.25) is 0 Å². The fourth-order valence-electron chi connectivity index (χ4n) is 8.12. The van der Waals surface area contributed by atoms with Crippen molar-refractivity contribution in [1.29, 1.82) is 0 Å². The number of hydrogen-bond acceptors (Lipinski definition) is 1. The second-order valence-electron chi connectivity index (χ2n) is 13.3. The number of rotatable bonds is 2. The molecule has 0 amide bonds. The molecule has 0 atom stereocenters. The first-order chi connectivity index (χ1) is 20.8. The van der Waals surface area contributed by atoms with Crippen LogP contribution in [0, 0.1) is 0 Å². The Hall–Kier alpha value is -4.46. The molecule has 0 fully saturated rings. The third kappa shape index (κ3) is 3.32. The fraction of sp³-hybridized carbons (Fsp3) is 0.143. The van der Waals surface area contributed by atoms with Crippen LogP contribution in [0.3, 0.4) is 0 Å². The molecule has 1 heterocycles. The van der Waals surface area contributed by atoms with Gasteiger partial charge in [0, 0.05) is 31.0 Å². The quantitative estimate of drug-likeness (QED) is 0.195. The van der Waals surface area contributed by atoms with Gasteiger partial charge in [-0.2, -0.15) is 0 Å². The third-order valence-corrected chi connectivity index (χ3v) is 11.5. The van der Waals surface area contributed by atoms with Crippen molar-refractivity contribution in [2.45, 2.75) is 38.5 Å². The molecule has 0 bridgehead atoms. The summed E-state index contributed by atoms with van der Waals surface area (Å²) in [6, 6.07) is 45.6. The summed E-state index contributed by atoms with van der Waals surface area (Å²) in [5.41, 5.74) is 16.5. The third-order valence-electron chi connectivity index (χ3n) is 10.3. The zero-order valence-corrected chi connectivity index (χ0v) is 25.8. The number of hydrogen-bond donors (Lipinski definition) is 0. The van der Waals surface area contributed by atoms with E-state index < -0.39 is 0 Å². The molecule has 0 unspecified atom stereocenters. The zero-order chi connectivity index (χ0) is 29.1. The number of benzene rings is 6. The predicted octanol–water partition coefficient (Wildman–Crippen LogP) is 12.0. The first kappa shape index (κ1) is 25.1. The summed E-state index contributed by atoms with van der Waals surface area (Å²) in [6.45, 7) is 9.61. The molecule has 0 aliphatic heterocycles. The number of fused-ring (bicyclic) bond motifs is 10. The van der Waals surface area contributed by atoms with Gasteiger partial charge in [-0.25, -0.2) is 0 Å². The normalized spacial score (nSPS) is 15.3. The van der Waals surface area contributed by atoms with Crippen molar-refractivity contribution in [3.05, 3.63) is 144 Å². The van der Waals surface area contributed by atoms with E-state index >= 15 is 0 Å². The van der Waals surface area contributed by atoms with E-state index in [0.717, 1.165) is 0 Å². The summed E-state index contributed by atoms with van der Waals surface area (Å²) in [5, 5.41) is 2.69. The Kier molecular flexibility index (Phi) is 4.99. The van der Waals surface area contributed by atoms with E-state index in [1.807, 2.05) is 11.3 Å². The van der Waals surface area contributed by atoms with Gasteiger partial charge in [0.1, 0.15) is 0 Å². The Bertz CT molecular complexity index is 2290. The average molecular weight is 569 g/mol. The van der Waals surface area contributed by atoms with Crippen LogP contribution in [-0.4, -0.2) is 0 Å². The average Bonchev–Trinajstić information content (AvgIpc) is 3.61. The minimum atomic E-state index is -0.0686. The largest absolute Gasteiger partial charge is 0.135 e. The van der Waals surface area contributed by atoms with Crippen LogP contribution in [0.25, 0.3) is 64.7 Å². The van der Waals surface area contributed by atoms with E-state index in [4.69, 9.17) is 0 Å². The van der Waals surface area contributed by atoms with E-state index in [9.17, 15) is 0 Å². The molecule has 2 aliphatic carbocycles. The van der Waals surface area contributed by atoms with Crippen LogP contribution < -0.4 is 0 Å². The van der Waals surface area contributed by atoms with Gasteiger partial charge in [-0.1, -0.05) is 131 Å². The lowest BCUT2D eigenvalue weighted by Crippen LogP contribution is -2.18. The maximum atomic E-state index is 2.47. The summed E-state index contributed by atoms with van der Waals surface area (Å²) in [6.07, 6.45) is 0. The lowest BCUT2D eigenvalue weighted by atomic mass is 9.77. The first-order valence-electron chi connectivity index (χ1n) is 15.3. The Morgan fingerprint density at radius 2 is 1.14 bits per heavy atom. The van der Waals surface area contributed by atoms with E-state index in [-0.39, 0.29) is 10.8 Å². The molecule has 7 aromatic rings. The van der Waals surface area contributed by atoms with E-state index in [0.29, 0.717) is 0 Å². The predicted molar refractivity (Wildman–Crippen MR) is 185 cm³/mol. The van der Waals surface area contributed by atoms with Crippen LogP contribution in [0.5, 0.6) is 0 Å². The molecule has 1 heteroatoms. The second kappa shape index (κ2) is 8.56. The van der Waals surface area contributed by atoms with Gasteiger partial charge in [-0.15, -0.1) is 11.3 Å². The van der Waals surface area contributed by atoms with Gasteiger partial charge < -0.3 is 0 Å². The smallest absolute Gasteiger partial charge is 0.0433 e. The van der Waals surface area contributed by atoms with Crippen LogP contribution in [0.1, 0.15) is 49.9 Å². The molecule has 0 saturated heterocycles. The maximum Gasteiger partial charge on any atom is 0.0433 e. The van der Waals surface area contributed by atoms with Crippen molar-refractivity contribution in [1.82, 2.24) is 0 Å². The van der Waals surface area contributed by atoms with Crippen molar-refractivity contribution in [3.8, 4) is 44.5 Å². The molecule has 6 aromatic carbocycles. The van der Waals surface area contributed by atoms with Gasteiger partial charge in [0.2, 0.25) is 0 Å². The summed E-state index contributed by atoms with van der Waals surface area (Å²) >= 11 is 1.90. The summed E-state index contributed by atoms with van der Waals surface area (Å²) in [5.74, 6) is 0. The topological polar surface area (TPSA) is 0 Å². The van der Waals surface area contributed by atoms with Crippen molar-refractivity contribution < 1.29 is 0 Å². The van der Waals surface area contributed by atoms with Gasteiger partial charge in [0.25, 0.3) is 0 Å². The Morgan fingerprint density at radius 1 is 0.442 bits per heavy atom. The van der Waals surface area contributed by atoms with Crippen molar-refractivity contribution >= 4 is 31.5 Å². The van der Waals surface area contributed by atoms with Gasteiger partial charge in [0.05, 0.1) is 0 Å². The van der Waals surface area contributed by atoms with E-state index in [2.05, 4.69) is 149 Å². The van der Waals surface area contributed by atoms with E-state index in [1.54, 1.807) is 0 Å². The summed E-state index contributed by atoms with van der Waals surface area (Å²) in [4.78, 5) is 0. The molecule has 1 aromatic heterocycles. The highest BCUT2D eigenvalue weighted by atomic mass is 32.1. The standard InChI is InChI=1S/C42H32S/c1-41(2)35-22-21-31-29-13-5-7-17-34(29)42(3,4)39(31)38(35)33-20-19-26(24-36(33)41)25-11-9-12-27(23-25)28-15-10-16-32-30-14-6-8-18-37(30)43-40(28)32/h5-24H,1-4H3. The molecular weight excluding hydrogens is 537 g/mol. The van der Waals surface area contributed by atoms with Crippen LogP contribution in [0.2, 0.25) is 0 Å². The van der Waals surface area contributed by atoms with Crippen molar-refractivity contribution in [3.63, 3.8) is 0 Å². The Labute approximate surface area is 257 Å². The maximum absolute atomic E-state index is 2.47. The monoisotopic (exact) mass is 568 g/mol. The van der Waals surface area contributed by atoms with Crippen LogP contribution >= 0.6 is 11.3 Å². The second-order valence-corrected chi connectivity index (χ2v) is 14.4. The minimum Gasteiger partial charge on any atom is -0.135 e. The van der Waals surface area contributed by atoms with Crippen LogP contribution in [0.15, 0.2) is 121 Å². The molecule has 43 heavy (non-hydrogen) atoms. The molecule has 0 spiro atoms. The lowest BCUT2D eigenvalue weighted by molar-refractivity contribution is 0.647. The highest BCUT2D eigenvalue weighted by Crippen LogP contribution is 2.59. The van der Waals surface area contributed by atoms with Crippen molar-refractivity contribution in [2.75, 3.05) is 0 Å². The molecule has 0 N–H and O–H groups in total. The molecule has 2 aliphatic rings. The van der Waals surface area contributed by atoms with Gasteiger partial charge >= 0.3 is 0 Å². The SMILES string of the molecule is CC1(C)c2cc(-c3cccc(-c4cccc5c4sc4ccccc45)c3)ccc2-c2c1ccc1c2C(C)(C)c2ccccc2-1. The van der Waals surface area contributed by atoms with Crippen molar-refractivity contribution in [2.24, 2.45) is 0 Å². The van der Waals surface area contributed by atoms with Crippen LogP contribution in [0.4, 0.5) is 0 Å². The molecular formula is C42H32S. The summed E-state index contributed by atoms with van der Waals surface area (Å²) in [7, 11) is 0. The molecule has 206 valence electrons. The zero-order valence-electron chi connectivity index (χ0n) is 25.0. The fourth-order valence-corrected chi connectivity index (χ4v) is 9.36. The van der Waals surface area contributed by atoms with Gasteiger partial charge in [0.15, 0.2) is 0 Å².